The van der Waals surface area contributed by atoms with Crippen LogP contribution in [-0.2, 0) is 6.42 Å². The Morgan fingerprint density at radius 1 is 0.846 bits per heavy atom. The second-order valence-corrected chi connectivity index (χ2v) is 7.06. The minimum Gasteiger partial charge on any atom is -0.305 e. The van der Waals surface area contributed by atoms with Crippen LogP contribution < -0.4 is 5.32 Å². The van der Waals surface area contributed by atoms with Crippen LogP contribution in [0.25, 0.3) is 5.57 Å². The number of allylic oxidation sites excluding steroid dienone is 2. The lowest BCUT2D eigenvalue weighted by molar-refractivity contribution is 0.589. The Kier molecular flexibility index (Phi) is 5.41. The van der Waals surface area contributed by atoms with Gasteiger partial charge in [0.1, 0.15) is 0 Å². The Hall–Kier alpha value is -2.45. The van der Waals surface area contributed by atoms with Gasteiger partial charge in [-0.2, -0.15) is 0 Å². The van der Waals surface area contributed by atoms with Crippen LogP contribution in [0.4, 0.5) is 5.69 Å². The average Bonchev–Trinajstić information content (AvgIpc) is 3.08. The van der Waals surface area contributed by atoms with Gasteiger partial charge < -0.3 is 5.32 Å². The van der Waals surface area contributed by atoms with E-state index in [9.17, 15) is 0 Å². The summed E-state index contributed by atoms with van der Waals surface area (Å²) in [5.41, 5.74) is 6.28. The van der Waals surface area contributed by atoms with Crippen LogP contribution in [0.5, 0.6) is 0 Å². The van der Waals surface area contributed by atoms with Gasteiger partial charge in [0.2, 0.25) is 0 Å². The van der Waals surface area contributed by atoms with Crippen LogP contribution in [0, 0.1) is 0 Å². The van der Waals surface area contributed by atoms with E-state index in [0.29, 0.717) is 0 Å². The summed E-state index contributed by atoms with van der Waals surface area (Å²) in [6.45, 7) is 1.04. The summed E-state index contributed by atoms with van der Waals surface area (Å²) in [5.74, 6) is 0. The van der Waals surface area contributed by atoms with Gasteiger partial charge >= 0.3 is 0 Å². The molecule has 0 saturated carbocycles. The molecule has 1 N–H and O–H groups in total. The highest BCUT2D eigenvalue weighted by Gasteiger charge is 2.26. The van der Waals surface area contributed by atoms with E-state index in [-0.39, 0.29) is 6.04 Å². The number of fused-ring (bicyclic) bond motifs is 3. The van der Waals surface area contributed by atoms with Crippen LogP contribution >= 0.6 is 0 Å². The molecule has 4 rings (SSSR count). The van der Waals surface area contributed by atoms with E-state index in [1.165, 1.54) is 54.5 Å². The number of rotatable bonds is 8. The quantitative estimate of drug-likeness (QED) is 0.631. The number of hydrogen-bond acceptors (Lipinski definition) is 2. The number of para-hydroxylation sites is 1. The molecule has 0 spiro atoms. The first-order chi connectivity index (χ1) is 12.9. The van der Waals surface area contributed by atoms with Crippen LogP contribution in [0.1, 0.15) is 36.8 Å². The molecule has 0 bridgehead atoms. The first-order valence-corrected chi connectivity index (χ1v) is 9.76. The predicted molar refractivity (Wildman–Crippen MR) is 111 cm³/mol. The molecule has 2 aromatic rings. The lowest BCUT2D eigenvalue weighted by Gasteiger charge is -2.19. The normalized spacial score (nSPS) is 17.5. The van der Waals surface area contributed by atoms with Gasteiger partial charge in [0.15, 0.2) is 0 Å². The van der Waals surface area contributed by atoms with Gasteiger partial charge in [0.05, 0.1) is 17.4 Å². The third-order valence-electron chi connectivity index (χ3n) is 5.17. The van der Waals surface area contributed by atoms with Crippen molar-refractivity contribution >= 4 is 17.0 Å². The average molecular weight is 342 g/mol. The SMILES string of the molecule is C1=CC(NCCCCCCc2ccccc2)C2=Nc3ccccc3C2=C1. The lowest BCUT2D eigenvalue weighted by Crippen LogP contribution is -2.36. The van der Waals surface area contributed by atoms with Crippen molar-refractivity contribution in [2.24, 2.45) is 4.99 Å². The van der Waals surface area contributed by atoms with E-state index >= 15 is 0 Å². The summed E-state index contributed by atoms with van der Waals surface area (Å²) < 4.78 is 0. The van der Waals surface area contributed by atoms with E-state index in [4.69, 9.17) is 4.99 Å². The molecule has 1 atom stereocenters. The van der Waals surface area contributed by atoms with Gasteiger partial charge in [0, 0.05) is 11.1 Å². The number of nitrogens with one attached hydrogen (secondary N) is 1. The number of nitrogens with zero attached hydrogens (tertiary/aromatic N) is 1. The smallest absolute Gasteiger partial charge is 0.0713 e. The molecule has 1 aliphatic carbocycles. The summed E-state index contributed by atoms with van der Waals surface area (Å²) >= 11 is 0. The minimum absolute atomic E-state index is 0.242. The standard InChI is InChI=1S/C24H26N2/c1(4-11-19-12-5-3-6-13-19)2-9-18-25-23-17-10-15-21-20-14-7-8-16-22(20)26-24(21)23/h3,5-8,10,12-17,23,25H,1-2,4,9,11,18H2. The van der Waals surface area contributed by atoms with Gasteiger partial charge in [0.25, 0.3) is 0 Å². The van der Waals surface area contributed by atoms with Crippen molar-refractivity contribution in [2.75, 3.05) is 6.54 Å². The number of hydrogen-bond donors (Lipinski definition) is 1. The molecule has 2 nitrogen and oxygen atoms in total. The van der Waals surface area contributed by atoms with E-state index in [0.717, 1.165) is 12.2 Å². The molecule has 1 heterocycles. The van der Waals surface area contributed by atoms with Gasteiger partial charge in [-0.15, -0.1) is 0 Å². The third kappa shape index (κ3) is 3.86. The van der Waals surface area contributed by atoms with Crippen molar-refractivity contribution in [3.05, 3.63) is 84.0 Å². The Labute approximate surface area is 156 Å². The molecule has 0 amide bonds. The third-order valence-corrected chi connectivity index (χ3v) is 5.17. The van der Waals surface area contributed by atoms with Crippen molar-refractivity contribution in [1.82, 2.24) is 5.32 Å². The molecular weight excluding hydrogens is 316 g/mol. The number of aliphatic imine (C=N–C) groups is 1. The van der Waals surface area contributed by atoms with Gasteiger partial charge in [-0.25, -0.2) is 0 Å². The van der Waals surface area contributed by atoms with E-state index in [1.54, 1.807) is 0 Å². The first kappa shape index (κ1) is 17.0. The molecule has 132 valence electrons. The fourth-order valence-corrected chi connectivity index (χ4v) is 3.77. The summed E-state index contributed by atoms with van der Waals surface area (Å²) in [6, 6.07) is 19.5. The Bertz CT molecular complexity index is 830. The maximum Gasteiger partial charge on any atom is 0.0713 e. The number of unbranched alkanes of at least 4 members (excludes halogenated alkanes) is 3. The monoisotopic (exact) mass is 342 g/mol. The van der Waals surface area contributed by atoms with Crippen LogP contribution in [0.15, 0.2) is 77.8 Å². The summed E-state index contributed by atoms with van der Waals surface area (Å²) in [6.07, 6.45) is 12.9. The molecule has 0 aromatic heterocycles. The number of benzene rings is 2. The largest absolute Gasteiger partial charge is 0.305 e. The van der Waals surface area contributed by atoms with Crippen LogP contribution in [0.3, 0.4) is 0 Å². The first-order valence-electron chi connectivity index (χ1n) is 9.76. The fraction of sp³-hybridized carbons (Fsp3) is 0.292. The summed E-state index contributed by atoms with van der Waals surface area (Å²) in [5, 5.41) is 3.68. The van der Waals surface area contributed by atoms with E-state index in [1.807, 2.05) is 0 Å². The second kappa shape index (κ2) is 8.29. The number of aryl methyl sites for hydroxylation is 1. The van der Waals surface area contributed by atoms with Crippen molar-refractivity contribution in [3.8, 4) is 0 Å². The molecule has 0 saturated heterocycles. The lowest BCUT2D eigenvalue weighted by atomic mass is 9.94. The van der Waals surface area contributed by atoms with Gasteiger partial charge in [-0.3, -0.25) is 4.99 Å². The molecule has 0 radical (unpaired) electrons. The molecule has 1 unspecified atom stereocenters. The molecule has 2 aliphatic rings. The maximum atomic E-state index is 4.85. The zero-order chi connectivity index (χ0) is 17.6. The Morgan fingerprint density at radius 3 is 2.58 bits per heavy atom. The summed E-state index contributed by atoms with van der Waals surface area (Å²) in [4.78, 5) is 4.85. The topological polar surface area (TPSA) is 24.4 Å². The van der Waals surface area contributed by atoms with Crippen molar-refractivity contribution in [1.29, 1.82) is 0 Å². The highest BCUT2D eigenvalue weighted by Crippen LogP contribution is 2.37. The summed E-state index contributed by atoms with van der Waals surface area (Å²) in [7, 11) is 0. The Morgan fingerprint density at radius 2 is 1.65 bits per heavy atom. The zero-order valence-corrected chi connectivity index (χ0v) is 15.2. The highest BCUT2D eigenvalue weighted by molar-refractivity contribution is 6.32. The highest BCUT2D eigenvalue weighted by atomic mass is 15.0. The van der Waals surface area contributed by atoms with Crippen LogP contribution in [0.2, 0.25) is 0 Å². The maximum absolute atomic E-state index is 4.85. The minimum atomic E-state index is 0.242. The molecular formula is C24H26N2. The molecule has 0 fully saturated rings. The predicted octanol–water partition coefficient (Wildman–Crippen LogP) is 5.49. The van der Waals surface area contributed by atoms with Crippen molar-refractivity contribution in [3.63, 3.8) is 0 Å². The molecule has 2 aromatic carbocycles. The van der Waals surface area contributed by atoms with Crippen molar-refractivity contribution < 1.29 is 0 Å². The van der Waals surface area contributed by atoms with Crippen molar-refractivity contribution in [2.45, 2.75) is 38.1 Å². The second-order valence-electron chi connectivity index (χ2n) is 7.06. The van der Waals surface area contributed by atoms with E-state index < -0.39 is 0 Å². The Balaban J connectivity index is 1.19. The van der Waals surface area contributed by atoms with Gasteiger partial charge in [-0.05, 0) is 37.4 Å². The zero-order valence-electron chi connectivity index (χ0n) is 15.2. The molecule has 26 heavy (non-hydrogen) atoms. The fourth-order valence-electron chi connectivity index (χ4n) is 3.77. The van der Waals surface area contributed by atoms with Gasteiger partial charge in [-0.1, -0.05) is 79.6 Å². The molecule has 2 heteroatoms. The van der Waals surface area contributed by atoms with E-state index in [2.05, 4.69) is 78.1 Å². The molecule has 1 aliphatic heterocycles. The van der Waals surface area contributed by atoms with Crippen LogP contribution in [-0.4, -0.2) is 18.3 Å².